The molecule has 0 fully saturated rings. The highest BCUT2D eigenvalue weighted by molar-refractivity contribution is 5.82. The first-order chi connectivity index (χ1) is 7.66. The molecular weight excluding hydrogens is 204 g/mol. The average Bonchev–Trinajstić information content (AvgIpc) is 2.32. The molecule has 0 saturated carbocycles. The SMILES string of the molecule is C=COCCCNC(=O)C(CC)(CC)CN. The molecule has 0 aromatic rings. The van der Waals surface area contributed by atoms with Gasteiger partial charge in [-0.25, -0.2) is 0 Å². The van der Waals surface area contributed by atoms with Crippen LogP contribution in [0, 0.1) is 5.41 Å². The number of hydrogen-bond acceptors (Lipinski definition) is 3. The Labute approximate surface area is 98.2 Å². The molecule has 0 aliphatic heterocycles. The van der Waals surface area contributed by atoms with Gasteiger partial charge in [0, 0.05) is 13.1 Å². The van der Waals surface area contributed by atoms with E-state index in [-0.39, 0.29) is 5.91 Å². The number of nitrogens with two attached hydrogens (primary N) is 1. The first-order valence-electron chi connectivity index (χ1n) is 5.87. The minimum Gasteiger partial charge on any atom is -0.502 e. The zero-order valence-corrected chi connectivity index (χ0v) is 10.4. The fraction of sp³-hybridized carbons (Fsp3) is 0.750. The molecule has 0 aliphatic rings. The molecule has 0 bridgehead atoms. The van der Waals surface area contributed by atoms with Gasteiger partial charge in [0.1, 0.15) is 0 Å². The number of amides is 1. The van der Waals surface area contributed by atoms with Gasteiger partial charge in [0.2, 0.25) is 5.91 Å². The van der Waals surface area contributed by atoms with Crippen LogP contribution in [0.2, 0.25) is 0 Å². The zero-order valence-electron chi connectivity index (χ0n) is 10.4. The summed E-state index contributed by atoms with van der Waals surface area (Å²) < 4.78 is 4.97. The van der Waals surface area contributed by atoms with Crippen LogP contribution in [-0.2, 0) is 9.53 Å². The average molecular weight is 228 g/mol. The Hall–Kier alpha value is -1.03. The number of rotatable bonds is 9. The van der Waals surface area contributed by atoms with E-state index in [2.05, 4.69) is 11.9 Å². The van der Waals surface area contributed by atoms with Crippen molar-refractivity contribution in [2.75, 3.05) is 19.7 Å². The minimum absolute atomic E-state index is 0.0543. The Bertz CT molecular complexity index is 205. The van der Waals surface area contributed by atoms with Crippen LogP contribution in [0.1, 0.15) is 33.1 Å². The van der Waals surface area contributed by atoms with Gasteiger partial charge < -0.3 is 15.8 Å². The monoisotopic (exact) mass is 228 g/mol. The van der Waals surface area contributed by atoms with E-state index in [0.717, 1.165) is 19.3 Å². The lowest BCUT2D eigenvalue weighted by Gasteiger charge is -2.28. The van der Waals surface area contributed by atoms with Crippen molar-refractivity contribution in [3.8, 4) is 0 Å². The van der Waals surface area contributed by atoms with Crippen molar-refractivity contribution in [3.63, 3.8) is 0 Å². The second-order valence-electron chi connectivity index (χ2n) is 3.84. The standard InChI is InChI=1S/C12H24N2O2/c1-4-12(5-2,10-13)11(15)14-8-7-9-16-6-3/h6H,3-5,7-10,13H2,1-2H3,(H,14,15). The van der Waals surface area contributed by atoms with Gasteiger partial charge in [-0.15, -0.1) is 0 Å². The van der Waals surface area contributed by atoms with Crippen molar-refractivity contribution in [2.24, 2.45) is 11.1 Å². The largest absolute Gasteiger partial charge is 0.502 e. The van der Waals surface area contributed by atoms with Gasteiger partial charge in [-0.05, 0) is 19.3 Å². The second kappa shape index (κ2) is 8.16. The molecular formula is C12H24N2O2. The molecule has 0 saturated heterocycles. The summed E-state index contributed by atoms with van der Waals surface area (Å²) >= 11 is 0. The Morgan fingerprint density at radius 1 is 1.50 bits per heavy atom. The maximum Gasteiger partial charge on any atom is 0.227 e. The maximum absolute atomic E-state index is 11.9. The zero-order chi connectivity index (χ0) is 12.4. The van der Waals surface area contributed by atoms with E-state index < -0.39 is 5.41 Å². The number of carbonyl (C=O) groups excluding carboxylic acids is 1. The van der Waals surface area contributed by atoms with Crippen LogP contribution in [0.4, 0.5) is 0 Å². The molecule has 4 heteroatoms. The lowest BCUT2D eigenvalue weighted by Crippen LogP contribution is -2.45. The van der Waals surface area contributed by atoms with Gasteiger partial charge in [-0.1, -0.05) is 20.4 Å². The van der Waals surface area contributed by atoms with E-state index in [0.29, 0.717) is 19.7 Å². The Morgan fingerprint density at radius 3 is 2.56 bits per heavy atom. The number of hydrogen-bond donors (Lipinski definition) is 2. The van der Waals surface area contributed by atoms with Crippen LogP contribution in [0.15, 0.2) is 12.8 Å². The molecule has 1 amide bonds. The third-order valence-corrected chi connectivity index (χ3v) is 3.07. The quantitative estimate of drug-likeness (QED) is 0.463. The summed E-state index contributed by atoms with van der Waals surface area (Å²) in [6.07, 6.45) is 3.74. The fourth-order valence-electron chi connectivity index (χ4n) is 1.58. The molecule has 0 atom stereocenters. The van der Waals surface area contributed by atoms with Crippen molar-refractivity contribution in [1.29, 1.82) is 0 Å². The van der Waals surface area contributed by atoms with Gasteiger partial charge in [-0.3, -0.25) is 4.79 Å². The van der Waals surface area contributed by atoms with Crippen LogP contribution in [-0.4, -0.2) is 25.6 Å². The molecule has 3 N–H and O–H groups in total. The first kappa shape index (κ1) is 15.0. The van der Waals surface area contributed by atoms with Crippen LogP contribution in [0.25, 0.3) is 0 Å². The number of nitrogens with one attached hydrogen (secondary N) is 1. The lowest BCUT2D eigenvalue weighted by molar-refractivity contribution is -0.131. The van der Waals surface area contributed by atoms with Crippen molar-refractivity contribution in [1.82, 2.24) is 5.32 Å². The van der Waals surface area contributed by atoms with E-state index in [4.69, 9.17) is 10.5 Å². The molecule has 0 radical (unpaired) electrons. The molecule has 0 heterocycles. The van der Waals surface area contributed by atoms with E-state index >= 15 is 0 Å². The molecule has 0 spiro atoms. The minimum atomic E-state index is -0.403. The number of carbonyl (C=O) groups is 1. The van der Waals surface area contributed by atoms with Crippen molar-refractivity contribution in [3.05, 3.63) is 12.8 Å². The second-order valence-corrected chi connectivity index (χ2v) is 3.84. The highest BCUT2D eigenvalue weighted by Gasteiger charge is 2.32. The van der Waals surface area contributed by atoms with E-state index in [9.17, 15) is 4.79 Å². The summed E-state index contributed by atoms with van der Waals surface area (Å²) in [6.45, 7) is 9.04. The predicted molar refractivity (Wildman–Crippen MR) is 65.8 cm³/mol. The molecule has 0 aliphatic carbocycles. The lowest BCUT2D eigenvalue weighted by atomic mass is 9.81. The topological polar surface area (TPSA) is 64.3 Å². The fourth-order valence-corrected chi connectivity index (χ4v) is 1.58. The van der Waals surface area contributed by atoms with Crippen molar-refractivity contribution >= 4 is 5.91 Å². The summed E-state index contributed by atoms with van der Waals surface area (Å²) in [4.78, 5) is 11.9. The molecule has 0 aromatic heterocycles. The maximum atomic E-state index is 11.9. The summed E-state index contributed by atoms with van der Waals surface area (Å²) in [6, 6.07) is 0. The molecule has 0 aromatic carbocycles. The molecule has 4 nitrogen and oxygen atoms in total. The predicted octanol–water partition coefficient (Wildman–Crippen LogP) is 1.42. The van der Waals surface area contributed by atoms with Gasteiger partial charge in [0.25, 0.3) is 0 Å². The van der Waals surface area contributed by atoms with Gasteiger partial charge in [0.05, 0.1) is 18.3 Å². The van der Waals surface area contributed by atoms with Crippen molar-refractivity contribution in [2.45, 2.75) is 33.1 Å². The van der Waals surface area contributed by atoms with E-state index in [1.165, 1.54) is 6.26 Å². The third kappa shape index (κ3) is 4.23. The smallest absolute Gasteiger partial charge is 0.227 e. The molecule has 94 valence electrons. The first-order valence-corrected chi connectivity index (χ1v) is 5.87. The Morgan fingerprint density at radius 2 is 2.12 bits per heavy atom. The number of ether oxygens (including phenoxy) is 1. The van der Waals surface area contributed by atoms with E-state index in [1.54, 1.807) is 0 Å². The highest BCUT2D eigenvalue weighted by atomic mass is 16.5. The van der Waals surface area contributed by atoms with E-state index in [1.807, 2.05) is 13.8 Å². The summed E-state index contributed by atoms with van der Waals surface area (Å²) in [5.41, 5.74) is 5.28. The molecule has 0 unspecified atom stereocenters. The van der Waals surface area contributed by atoms with Crippen LogP contribution in [0.3, 0.4) is 0 Å². The molecule has 16 heavy (non-hydrogen) atoms. The summed E-state index contributed by atoms with van der Waals surface area (Å²) in [5, 5.41) is 2.90. The Kier molecular flexibility index (Phi) is 7.64. The van der Waals surface area contributed by atoms with Gasteiger partial charge in [-0.2, -0.15) is 0 Å². The van der Waals surface area contributed by atoms with Crippen LogP contribution in [0.5, 0.6) is 0 Å². The highest BCUT2D eigenvalue weighted by Crippen LogP contribution is 2.24. The Balaban J connectivity index is 3.97. The normalized spacial score (nSPS) is 10.9. The van der Waals surface area contributed by atoms with Crippen LogP contribution >= 0.6 is 0 Å². The third-order valence-electron chi connectivity index (χ3n) is 3.07. The van der Waals surface area contributed by atoms with Gasteiger partial charge in [0.15, 0.2) is 0 Å². The van der Waals surface area contributed by atoms with Gasteiger partial charge >= 0.3 is 0 Å². The van der Waals surface area contributed by atoms with Crippen LogP contribution < -0.4 is 11.1 Å². The van der Waals surface area contributed by atoms with Crippen molar-refractivity contribution < 1.29 is 9.53 Å². The molecule has 0 rings (SSSR count). The summed E-state index contributed by atoms with van der Waals surface area (Å²) in [7, 11) is 0. The summed E-state index contributed by atoms with van der Waals surface area (Å²) in [5.74, 6) is 0.0543.